The summed E-state index contributed by atoms with van der Waals surface area (Å²) in [6, 6.07) is 0. The van der Waals surface area contributed by atoms with Gasteiger partial charge in [0.05, 0.1) is 6.10 Å². The maximum Gasteiger partial charge on any atom is 0.192 e. The van der Waals surface area contributed by atoms with Gasteiger partial charge in [0.1, 0.15) is 0 Å². The summed E-state index contributed by atoms with van der Waals surface area (Å²) in [6.07, 6.45) is 5.81. The van der Waals surface area contributed by atoms with Gasteiger partial charge in [0.15, 0.2) is 8.32 Å². The summed E-state index contributed by atoms with van der Waals surface area (Å²) in [5, 5.41) is 0.334. The molecule has 1 saturated carbocycles. The van der Waals surface area contributed by atoms with Crippen molar-refractivity contribution < 1.29 is 4.43 Å². The number of alkyl halides is 1. The van der Waals surface area contributed by atoms with Crippen LogP contribution in [0.25, 0.3) is 0 Å². The second-order valence-corrected chi connectivity index (χ2v) is 13.2. The summed E-state index contributed by atoms with van der Waals surface area (Å²) in [4.78, 5) is 0. The van der Waals surface area contributed by atoms with Gasteiger partial charge < -0.3 is 4.43 Å². The molecule has 0 saturated heterocycles. The van der Waals surface area contributed by atoms with E-state index < -0.39 is 8.32 Å². The maximum absolute atomic E-state index is 6.67. The van der Waals surface area contributed by atoms with E-state index in [1.807, 2.05) is 0 Å². The molecule has 17 heavy (non-hydrogen) atoms. The summed E-state index contributed by atoms with van der Waals surface area (Å²) in [6.45, 7) is 14.2. The Hall–Kier alpha value is 0.907. The summed E-state index contributed by atoms with van der Waals surface area (Å²) in [5.74, 6) is 0. The predicted molar refractivity (Wildman–Crippen MR) is 87.5 cm³/mol. The minimum Gasteiger partial charge on any atom is -0.413 e. The van der Waals surface area contributed by atoms with Crippen molar-refractivity contribution in [2.24, 2.45) is 5.41 Å². The van der Waals surface area contributed by atoms with Crippen molar-refractivity contribution >= 4 is 30.9 Å². The Morgan fingerprint density at radius 3 is 2.41 bits per heavy atom. The van der Waals surface area contributed by atoms with Gasteiger partial charge in [-0.3, -0.25) is 0 Å². The lowest BCUT2D eigenvalue weighted by Crippen LogP contribution is -2.47. The van der Waals surface area contributed by atoms with Gasteiger partial charge >= 0.3 is 0 Å². The van der Waals surface area contributed by atoms with Crippen LogP contribution < -0.4 is 0 Å². The third-order valence-electron chi connectivity index (χ3n) is 4.90. The fraction of sp³-hybridized carbons (Fsp3) is 1.00. The lowest BCUT2D eigenvalue weighted by molar-refractivity contribution is 0.0740. The van der Waals surface area contributed by atoms with Crippen molar-refractivity contribution in [2.45, 2.75) is 77.6 Å². The molecule has 1 unspecified atom stereocenters. The molecule has 1 fully saturated rings. The quantitative estimate of drug-likeness (QED) is 0.367. The second kappa shape index (κ2) is 5.49. The molecule has 0 heterocycles. The summed E-state index contributed by atoms with van der Waals surface area (Å²) < 4.78 is 7.92. The normalized spacial score (nSPS) is 30.9. The van der Waals surface area contributed by atoms with Crippen LogP contribution in [0.5, 0.6) is 0 Å². The van der Waals surface area contributed by atoms with Crippen molar-refractivity contribution in [1.29, 1.82) is 0 Å². The number of hydrogen-bond donors (Lipinski definition) is 0. The first kappa shape index (κ1) is 16.0. The third-order valence-corrected chi connectivity index (χ3v) is 9.93. The molecule has 0 aliphatic heterocycles. The molecule has 1 rings (SSSR count). The molecule has 1 aliphatic carbocycles. The van der Waals surface area contributed by atoms with E-state index in [0.717, 1.165) is 0 Å². The fourth-order valence-corrected chi connectivity index (χ4v) is 5.14. The van der Waals surface area contributed by atoms with Crippen LogP contribution >= 0.6 is 22.6 Å². The molecule has 0 N–H and O–H groups in total. The highest BCUT2D eigenvalue weighted by Crippen LogP contribution is 2.47. The average Bonchev–Trinajstić information content (AvgIpc) is 2.46. The van der Waals surface area contributed by atoms with Crippen LogP contribution in [-0.2, 0) is 4.43 Å². The molecule has 0 spiro atoms. The molecule has 1 nitrogen and oxygen atoms in total. The van der Waals surface area contributed by atoms with Crippen LogP contribution in [0.15, 0.2) is 0 Å². The van der Waals surface area contributed by atoms with E-state index in [1.54, 1.807) is 0 Å². The van der Waals surface area contributed by atoms with E-state index in [9.17, 15) is 0 Å². The van der Waals surface area contributed by atoms with E-state index in [0.29, 0.717) is 16.6 Å². The van der Waals surface area contributed by atoms with Crippen LogP contribution in [0.4, 0.5) is 0 Å². The van der Waals surface area contributed by atoms with E-state index >= 15 is 0 Å². The first-order valence-corrected chi connectivity index (χ1v) is 11.3. The Balaban J connectivity index is 2.74. The molecule has 1 aliphatic rings. The molecule has 0 amide bonds. The van der Waals surface area contributed by atoms with Crippen molar-refractivity contribution in [3.63, 3.8) is 0 Å². The Labute approximate surface area is 122 Å². The highest BCUT2D eigenvalue weighted by Gasteiger charge is 2.45. The summed E-state index contributed by atoms with van der Waals surface area (Å²) in [7, 11) is -1.59. The molecule has 3 heteroatoms. The molecular formula is C14H29IOSi. The fourth-order valence-electron chi connectivity index (χ4n) is 2.44. The molecular weight excluding hydrogens is 339 g/mol. The number of hydrogen-bond acceptors (Lipinski definition) is 1. The third kappa shape index (κ3) is 3.69. The van der Waals surface area contributed by atoms with Gasteiger partial charge in [-0.1, -0.05) is 56.7 Å². The van der Waals surface area contributed by atoms with Gasteiger partial charge in [0.25, 0.3) is 0 Å². The van der Waals surface area contributed by atoms with Crippen molar-refractivity contribution in [2.75, 3.05) is 4.43 Å². The lowest BCUT2D eigenvalue weighted by Gasteiger charge is -2.43. The Kier molecular flexibility index (Phi) is 5.16. The first-order valence-electron chi connectivity index (χ1n) is 6.86. The highest BCUT2D eigenvalue weighted by atomic mass is 127. The molecule has 102 valence electrons. The second-order valence-electron chi connectivity index (χ2n) is 7.35. The van der Waals surface area contributed by atoms with Gasteiger partial charge in [-0.15, -0.1) is 0 Å². The first-order chi connectivity index (χ1) is 7.62. The standard InChI is InChI=1S/C14H29IOSi/c1-13(2,3)17(5,6)16-12-8-7-9-14(12,4)10-11-15/h12H,7-11H2,1-6H3/t12?,14-/m1/s1. The minimum atomic E-state index is -1.59. The molecule has 0 aromatic rings. The van der Waals surface area contributed by atoms with Crippen LogP contribution in [0.1, 0.15) is 53.4 Å². The largest absolute Gasteiger partial charge is 0.413 e. The van der Waals surface area contributed by atoms with Gasteiger partial charge in [-0.25, -0.2) is 0 Å². The predicted octanol–water partition coefficient (Wildman–Crippen LogP) is 5.39. The molecule has 0 aromatic heterocycles. The van der Waals surface area contributed by atoms with Crippen molar-refractivity contribution in [3.8, 4) is 0 Å². The molecule has 0 aromatic carbocycles. The van der Waals surface area contributed by atoms with E-state index in [1.165, 1.54) is 30.1 Å². The summed E-state index contributed by atoms with van der Waals surface area (Å²) in [5.41, 5.74) is 0.441. The Morgan fingerprint density at radius 1 is 1.35 bits per heavy atom. The topological polar surface area (TPSA) is 9.23 Å². The molecule has 2 atom stereocenters. The minimum absolute atomic E-state index is 0.334. The molecule has 0 radical (unpaired) electrons. The highest BCUT2D eigenvalue weighted by molar-refractivity contribution is 14.1. The van der Waals surface area contributed by atoms with E-state index in [2.05, 4.69) is 63.4 Å². The van der Waals surface area contributed by atoms with Crippen LogP contribution in [0.3, 0.4) is 0 Å². The lowest BCUT2D eigenvalue weighted by atomic mass is 9.84. The molecule has 0 bridgehead atoms. The van der Waals surface area contributed by atoms with Crippen LogP contribution in [-0.4, -0.2) is 18.8 Å². The van der Waals surface area contributed by atoms with Crippen molar-refractivity contribution in [3.05, 3.63) is 0 Å². The van der Waals surface area contributed by atoms with E-state index in [-0.39, 0.29) is 0 Å². The summed E-state index contributed by atoms with van der Waals surface area (Å²) >= 11 is 2.51. The van der Waals surface area contributed by atoms with Crippen molar-refractivity contribution in [1.82, 2.24) is 0 Å². The van der Waals surface area contributed by atoms with Gasteiger partial charge in [-0.2, -0.15) is 0 Å². The number of halogens is 1. The zero-order valence-electron chi connectivity index (χ0n) is 12.4. The van der Waals surface area contributed by atoms with E-state index in [4.69, 9.17) is 4.43 Å². The van der Waals surface area contributed by atoms with Crippen LogP contribution in [0, 0.1) is 5.41 Å². The zero-order valence-corrected chi connectivity index (χ0v) is 15.6. The Bertz CT molecular complexity index is 259. The van der Waals surface area contributed by atoms with Gasteiger partial charge in [0, 0.05) is 4.43 Å². The Morgan fingerprint density at radius 2 is 1.94 bits per heavy atom. The zero-order chi connectivity index (χ0) is 13.3. The monoisotopic (exact) mass is 368 g/mol. The van der Waals surface area contributed by atoms with Gasteiger partial charge in [0.2, 0.25) is 0 Å². The maximum atomic E-state index is 6.67. The SMILES string of the molecule is CC(C)(C)[Si](C)(C)OC1CCC[C@]1(C)CCI. The smallest absolute Gasteiger partial charge is 0.192 e. The van der Waals surface area contributed by atoms with Crippen LogP contribution in [0.2, 0.25) is 18.1 Å². The van der Waals surface area contributed by atoms with Gasteiger partial charge in [-0.05, 0) is 42.8 Å². The average molecular weight is 368 g/mol. The number of rotatable bonds is 4.